The number of aryl methyl sites for hydroxylation is 1. The van der Waals surface area contributed by atoms with E-state index in [1.165, 1.54) is 5.56 Å². The molecule has 0 aliphatic rings. The molecule has 2 N–H and O–H groups in total. The van der Waals surface area contributed by atoms with Gasteiger partial charge in [-0.15, -0.1) is 24.0 Å². The highest BCUT2D eigenvalue weighted by molar-refractivity contribution is 14.0. The van der Waals surface area contributed by atoms with Crippen molar-refractivity contribution >= 4 is 29.9 Å². The zero-order chi connectivity index (χ0) is 18.8. The van der Waals surface area contributed by atoms with Gasteiger partial charge in [-0.3, -0.25) is 0 Å². The molecule has 0 atom stereocenters. The third kappa shape index (κ3) is 7.28. The van der Waals surface area contributed by atoms with Crippen molar-refractivity contribution in [2.45, 2.75) is 26.8 Å². The molecule has 0 spiro atoms. The van der Waals surface area contributed by atoms with Gasteiger partial charge in [0.15, 0.2) is 5.96 Å². The number of halogens is 1. The lowest BCUT2D eigenvalue weighted by Gasteiger charge is -2.13. The van der Waals surface area contributed by atoms with Crippen LogP contribution >= 0.6 is 24.0 Å². The van der Waals surface area contributed by atoms with Gasteiger partial charge in [-0.25, -0.2) is 4.99 Å². The second kappa shape index (κ2) is 12.4. The van der Waals surface area contributed by atoms with Crippen molar-refractivity contribution in [1.29, 1.82) is 0 Å². The minimum atomic E-state index is 0. The van der Waals surface area contributed by atoms with E-state index in [-0.39, 0.29) is 24.0 Å². The van der Waals surface area contributed by atoms with Gasteiger partial charge in [0.1, 0.15) is 11.5 Å². The van der Waals surface area contributed by atoms with Crippen molar-refractivity contribution < 1.29 is 9.47 Å². The number of hydrogen-bond donors (Lipinski definition) is 2. The van der Waals surface area contributed by atoms with Crippen molar-refractivity contribution in [2.24, 2.45) is 4.99 Å². The van der Waals surface area contributed by atoms with Crippen LogP contribution in [0.4, 0.5) is 0 Å². The summed E-state index contributed by atoms with van der Waals surface area (Å²) >= 11 is 0. The van der Waals surface area contributed by atoms with E-state index in [4.69, 9.17) is 9.47 Å². The van der Waals surface area contributed by atoms with Crippen molar-refractivity contribution in [3.8, 4) is 11.5 Å². The van der Waals surface area contributed by atoms with Gasteiger partial charge in [-0.2, -0.15) is 0 Å². The maximum atomic E-state index is 5.39. The Morgan fingerprint density at radius 1 is 1.00 bits per heavy atom. The maximum absolute atomic E-state index is 5.39. The van der Waals surface area contributed by atoms with Gasteiger partial charge >= 0.3 is 0 Å². The highest BCUT2D eigenvalue weighted by Gasteiger charge is 2.04. The van der Waals surface area contributed by atoms with Crippen LogP contribution in [0.5, 0.6) is 11.5 Å². The topological polar surface area (TPSA) is 54.9 Å². The number of nitrogens with one attached hydrogen (secondary N) is 2. The van der Waals surface area contributed by atoms with Crippen molar-refractivity contribution in [3.63, 3.8) is 0 Å². The van der Waals surface area contributed by atoms with Gasteiger partial charge in [0, 0.05) is 18.7 Å². The first kappa shape index (κ1) is 23.1. The van der Waals surface area contributed by atoms with Gasteiger partial charge in [0.05, 0.1) is 20.8 Å². The molecule has 0 heterocycles. The van der Waals surface area contributed by atoms with E-state index >= 15 is 0 Å². The largest absolute Gasteiger partial charge is 0.496 e. The minimum absolute atomic E-state index is 0. The fourth-order valence-corrected chi connectivity index (χ4v) is 2.68. The van der Waals surface area contributed by atoms with E-state index in [1.807, 2.05) is 24.3 Å². The Kier molecular flexibility index (Phi) is 10.6. The number of para-hydroxylation sites is 1. The summed E-state index contributed by atoms with van der Waals surface area (Å²) in [5, 5.41) is 6.67. The number of ether oxygens (including phenoxy) is 2. The van der Waals surface area contributed by atoms with E-state index in [2.05, 4.69) is 47.7 Å². The van der Waals surface area contributed by atoms with Gasteiger partial charge in [0.25, 0.3) is 0 Å². The zero-order valence-electron chi connectivity index (χ0n) is 16.5. The third-order valence-electron chi connectivity index (χ3n) is 4.12. The predicted molar refractivity (Wildman–Crippen MR) is 123 cm³/mol. The van der Waals surface area contributed by atoms with Crippen LogP contribution in [0.15, 0.2) is 47.5 Å². The van der Waals surface area contributed by atoms with Crippen LogP contribution < -0.4 is 20.1 Å². The minimum Gasteiger partial charge on any atom is -0.496 e. The maximum Gasteiger partial charge on any atom is 0.191 e. The molecule has 27 heavy (non-hydrogen) atoms. The second-order valence-electron chi connectivity index (χ2n) is 5.99. The first-order valence-electron chi connectivity index (χ1n) is 8.95. The number of hydrogen-bond acceptors (Lipinski definition) is 3. The molecule has 0 bridgehead atoms. The van der Waals surface area contributed by atoms with E-state index in [1.54, 1.807) is 14.2 Å². The van der Waals surface area contributed by atoms with E-state index in [0.29, 0.717) is 6.54 Å². The quantitative estimate of drug-likeness (QED) is 0.340. The highest BCUT2D eigenvalue weighted by atomic mass is 127. The first-order chi connectivity index (χ1) is 12.7. The number of methoxy groups -OCH3 is 2. The smallest absolute Gasteiger partial charge is 0.191 e. The lowest BCUT2D eigenvalue weighted by molar-refractivity contribution is 0.410. The molecule has 2 rings (SSSR count). The third-order valence-corrected chi connectivity index (χ3v) is 4.12. The molecule has 148 valence electrons. The van der Waals surface area contributed by atoms with Gasteiger partial charge in [0.2, 0.25) is 0 Å². The fourth-order valence-electron chi connectivity index (χ4n) is 2.68. The average Bonchev–Trinajstić information content (AvgIpc) is 2.67. The van der Waals surface area contributed by atoms with Crippen LogP contribution in [0, 0.1) is 6.92 Å². The molecule has 0 unspecified atom stereocenters. The standard InChI is InChI=1S/C21H29N3O2.HI/c1-5-22-21(24-15-18-8-6-7-9-19(18)25-3)23-13-12-17-11-10-16(2)20(14-17)26-4;/h6-11,14H,5,12-13,15H2,1-4H3,(H2,22,23,24);1H. The molecule has 0 radical (unpaired) electrons. The average molecular weight is 483 g/mol. The molecule has 2 aromatic rings. The predicted octanol–water partition coefficient (Wildman–Crippen LogP) is 3.93. The summed E-state index contributed by atoms with van der Waals surface area (Å²) in [5.41, 5.74) is 3.45. The summed E-state index contributed by atoms with van der Waals surface area (Å²) in [6.45, 7) is 6.29. The molecular weight excluding hydrogens is 453 g/mol. The molecule has 0 aliphatic heterocycles. The first-order valence-corrected chi connectivity index (χ1v) is 8.95. The van der Waals surface area contributed by atoms with Crippen LogP contribution in [0.2, 0.25) is 0 Å². The van der Waals surface area contributed by atoms with E-state index < -0.39 is 0 Å². The molecule has 0 saturated carbocycles. The fraction of sp³-hybridized carbons (Fsp3) is 0.381. The van der Waals surface area contributed by atoms with Crippen LogP contribution in [0.3, 0.4) is 0 Å². The Bertz CT molecular complexity index is 735. The van der Waals surface area contributed by atoms with E-state index in [9.17, 15) is 0 Å². The van der Waals surface area contributed by atoms with Crippen molar-refractivity contribution in [3.05, 3.63) is 59.2 Å². The van der Waals surface area contributed by atoms with Crippen molar-refractivity contribution in [2.75, 3.05) is 27.3 Å². The summed E-state index contributed by atoms with van der Waals surface area (Å²) in [7, 11) is 3.39. The van der Waals surface area contributed by atoms with Crippen LogP contribution in [-0.2, 0) is 13.0 Å². The number of guanidine groups is 1. The SMILES string of the molecule is CCNC(=NCc1ccccc1OC)NCCc1ccc(C)c(OC)c1.I. The zero-order valence-corrected chi connectivity index (χ0v) is 18.9. The summed E-state index contributed by atoms with van der Waals surface area (Å²) < 4.78 is 10.8. The Hall–Kier alpha value is -1.96. The molecule has 0 saturated heterocycles. The molecule has 2 aromatic carbocycles. The monoisotopic (exact) mass is 483 g/mol. The molecular formula is C21H30IN3O2. The van der Waals surface area contributed by atoms with Gasteiger partial charge in [-0.1, -0.05) is 30.3 Å². The second-order valence-corrected chi connectivity index (χ2v) is 5.99. The molecule has 5 nitrogen and oxygen atoms in total. The molecule has 0 fully saturated rings. The number of aliphatic imine (C=N–C) groups is 1. The Labute approximate surface area is 179 Å². The van der Waals surface area contributed by atoms with Crippen LogP contribution in [-0.4, -0.2) is 33.3 Å². The van der Waals surface area contributed by atoms with Gasteiger partial charge < -0.3 is 20.1 Å². The van der Waals surface area contributed by atoms with Crippen LogP contribution in [0.1, 0.15) is 23.6 Å². The molecule has 6 heteroatoms. The number of nitrogens with zero attached hydrogens (tertiary/aromatic N) is 1. The lowest BCUT2D eigenvalue weighted by atomic mass is 10.1. The Morgan fingerprint density at radius 2 is 1.74 bits per heavy atom. The Morgan fingerprint density at radius 3 is 2.44 bits per heavy atom. The highest BCUT2D eigenvalue weighted by Crippen LogP contribution is 2.19. The molecule has 0 amide bonds. The van der Waals surface area contributed by atoms with Crippen molar-refractivity contribution in [1.82, 2.24) is 10.6 Å². The molecule has 0 aromatic heterocycles. The summed E-state index contributed by atoms with van der Waals surface area (Å²) in [4.78, 5) is 4.66. The number of benzene rings is 2. The Balaban J connectivity index is 0.00000364. The lowest BCUT2D eigenvalue weighted by Crippen LogP contribution is -2.38. The van der Waals surface area contributed by atoms with E-state index in [0.717, 1.165) is 48.1 Å². The van der Waals surface area contributed by atoms with Crippen LogP contribution in [0.25, 0.3) is 0 Å². The molecule has 0 aliphatic carbocycles. The summed E-state index contributed by atoms with van der Waals surface area (Å²) in [5.74, 6) is 2.59. The summed E-state index contributed by atoms with van der Waals surface area (Å²) in [6, 6.07) is 14.3. The number of rotatable bonds is 8. The normalized spacial score (nSPS) is 10.7. The van der Waals surface area contributed by atoms with Gasteiger partial charge in [-0.05, 0) is 43.5 Å². The summed E-state index contributed by atoms with van der Waals surface area (Å²) in [6.07, 6.45) is 0.899.